The van der Waals surface area contributed by atoms with Gasteiger partial charge in [-0.05, 0) is 51.1 Å². The molecule has 1 aliphatic heterocycles. The van der Waals surface area contributed by atoms with Gasteiger partial charge in [-0.1, -0.05) is 0 Å². The molecule has 3 rings (SSSR count). The summed E-state index contributed by atoms with van der Waals surface area (Å²) in [6, 6.07) is 4.22. The fraction of sp³-hybridized carbons (Fsp3) is 0.471. The molecule has 0 spiro atoms. The molecule has 0 unspecified atom stereocenters. The summed E-state index contributed by atoms with van der Waals surface area (Å²) in [6.07, 6.45) is 1.58. The van der Waals surface area contributed by atoms with E-state index in [2.05, 4.69) is 10.6 Å². The van der Waals surface area contributed by atoms with Crippen molar-refractivity contribution in [1.82, 2.24) is 10.6 Å². The van der Waals surface area contributed by atoms with Crippen LogP contribution in [0, 0.1) is 12.7 Å². The maximum atomic E-state index is 13.4. The fourth-order valence-electron chi connectivity index (χ4n) is 3.33. The van der Waals surface area contributed by atoms with Gasteiger partial charge in [0.2, 0.25) is 5.91 Å². The average molecular weight is 405 g/mol. The number of piperidine rings is 1. The molecular weight excluding hydrogens is 383 g/mol. The van der Waals surface area contributed by atoms with Gasteiger partial charge in [-0.25, -0.2) is 12.8 Å². The number of rotatable bonds is 4. The summed E-state index contributed by atoms with van der Waals surface area (Å²) in [4.78, 5) is 12.7. The van der Waals surface area contributed by atoms with Crippen LogP contribution in [0.1, 0.15) is 24.2 Å². The van der Waals surface area contributed by atoms with Crippen LogP contribution in [0.15, 0.2) is 22.6 Å². The highest BCUT2D eigenvalue weighted by Gasteiger charge is 2.48. The van der Waals surface area contributed by atoms with Gasteiger partial charge in [0, 0.05) is 17.2 Å². The van der Waals surface area contributed by atoms with Gasteiger partial charge in [0.25, 0.3) is 0 Å². The normalized spacial score (nSPS) is 16.9. The number of carbonyl (C=O) groups is 1. The van der Waals surface area contributed by atoms with Crippen molar-refractivity contribution in [2.24, 2.45) is 0 Å². The Bertz CT molecular complexity index is 920. The van der Waals surface area contributed by atoms with Crippen molar-refractivity contribution in [3.8, 4) is 0 Å². The molecule has 1 aromatic heterocycles. The van der Waals surface area contributed by atoms with Gasteiger partial charge < -0.3 is 15.1 Å². The van der Waals surface area contributed by atoms with Crippen molar-refractivity contribution in [3.63, 3.8) is 0 Å². The van der Waals surface area contributed by atoms with E-state index >= 15 is 0 Å². The second kappa shape index (κ2) is 7.54. The Morgan fingerprint density at radius 2 is 2.00 bits per heavy atom. The van der Waals surface area contributed by atoms with Gasteiger partial charge in [0.05, 0.1) is 6.54 Å². The quantitative estimate of drug-likeness (QED) is 0.814. The molecule has 2 heterocycles. The van der Waals surface area contributed by atoms with E-state index in [1.807, 2.05) is 0 Å². The van der Waals surface area contributed by atoms with E-state index in [-0.39, 0.29) is 37.6 Å². The Morgan fingerprint density at radius 1 is 1.35 bits per heavy atom. The molecule has 26 heavy (non-hydrogen) atoms. The second-order valence-corrected chi connectivity index (χ2v) is 8.82. The monoisotopic (exact) mass is 404 g/mol. The first-order chi connectivity index (χ1) is 11.7. The number of amides is 1. The first-order valence-corrected chi connectivity index (χ1v) is 10.00. The van der Waals surface area contributed by atoms with Gasteiger partial charge in [-0.15, -0.1) is 12.4 Å². The van der Waals surface area contributed by atoms with Crippen LogP contribution >= 0.6 is 12.4 Å². The van der Waals surface area contributed by atoms with Crippen molar-refractivity contribution >= 4 is 39.1 Å². The molecule has 2 N–H and O–H groups in total. The van der Waals surface area contributed by atoms with Crippen LogP contribution < -0.4 is 10.6 Å². The molecule has 2 aromatic rings. The summed E-state index contributed by atoms with van der Waals surface area (Å²) >= 11 is 0. The molecule has 1 amide bonds. The maximum absolute atomic E-state index is 13.4. The first-order valence-electron chi connectivity index (χ1n) is 8.11. The Morgan fingerprint density at radius 3 is 2.62 bits per heavy atom. The van der Waals surface area contributed by atoms with Gasteiger partial charge in [-0.2, -0.15) is 0 Å². The van der Waals surface area contributed by atoms with E-state index in [1.165, 1.54) is 18.2 Å². The van der Waals surface area contributed by atoms with E-state index in [4.69, 9.17) is 4.42 Å². The van der Waals surface area contributed by atoms with Crippen molar-refractivity contribution < 1.29 is 22.0 Å². The third-order valence-electron chi connectivity index (χ3n) is 4.94. The number of sulfone groups is 1. The highest BCUT2D eigenvalue weighted by Crippen LogP contribution is 2.29. The summed E-state index contributed by atoms with van der Waals surface area (Å²) in [5.41, 5.74) is 1.26. The third kappa shape index (κ3) is 3.58. The first kappa shape index (κ1) is 20.7. The molecule has 0 atom stereocenters. The highest BCUT2D eigenvalue weighted by atomic mass is 35.5. The number of nitrogens with one attached hydrogen (secondary N) is 2. The molecule has 6 nitrogen and oxygen atoms in total. The molecule has 1 aliphatic rings. The van der Waals surface area contributed by atoms with E-state index in [0.717, 1.165) is 11.8 Å². The zero-order valence-corrected chi connectivity index (χ0v) is 16.2. The molecular formula is C17H22ClFN2O4S. The number of halogens is 2. The summed E-state index contributed by atoms with van der Waals surface area (Å²) in [7, 11) is -3.56. The Labute approximate surface area is 157 Å². The number of hydrogen-bond acceptors (Lipinski definition) is 5. The average Bonchev–Trinajstić information content (AvgIpc) is 2.88. The van der Waals surface area contributed by atoms with Crippen molar-refractivity contribution in [1.29, 1.82) is 0 Å². The number of furan rings is 1. The van der Waals surface area contributed by atoms with Crippen LogP contribution in [0.3, 0.4) is 0 Å². The minimum Gasteiger partial charge on any atom is -0.459 e. The predicted molar refractivity (Wildman–Crippen MR) is 99.7 cm³/mol. The fourth-order valence-corrected chi connectivity index (χ4v) is 4.69. The Balaban J connectivity index is 0.00000243. The maximum Gasteiger partial charge on any atom is 0.241 e. The number of hydrogen-bond donors (Lipinski definition) is 2. The Hall–Kier alpha value is -1.64. The number of carbonyl (C=O) groups excluding carboxylic acids is 1. The molecule has 0 saturated carbocycles. The number of benzene rings is 1. The minimum atomic E-state index is -3.56. The van der Waals surface area contributed by atoms with E-state index in [0.29, 0.717) is 29.8 Å². The molecule has 9 heteroatoms. The van der Waals surface area contributed by atoms with Gasteiger partial charge in [0.1, 0.15) is 17.2 Å². The van der Waals surface area contributed by atoms with Crippen molar-refractivity contribution in [3.05, 3.63) is 35.3 Å². The molecule has 0 radical (unpaired) electrons. The summed E-state index contributed by atoms with van der Waals surface area (Å²) < 4.78 is 42.1. The van der Waals surface area contributed by atoms with Crippen LogP contribution in [-0.4, -0.2) is 38.4 Å². The lowest BCUT2D eigenvalue weighted by atomic mass is 9.96. The molecule has 1 aromatic carbocycles. The van der Waals surface area contributed by atoms with E-state index < -0.39 is 20.5 Å². The summed E-state index contributed by atoms with van der Waals surface area (Å²) in [5.74, 6) is -0.383. The Kier molecular flexibility index (Phi) is 5.99. The molecule has 1 saturated heterocycles. The molecule has 144 valence electrons. The number of aryl methyl sites for hydroxylation is 1. The topological polar surface area (TPSA) is 88.4 Å². The third-order valence-corrected chi connectivity index (χ3v) is 6.95. The lowest BCUT2D eigenvalue weighted by Crippen LogP contribution is -2.57. The smallest absolute Gasteiger partial charge is 0.241 e. The minimum absolute atomic E-state index is 0. The van der Waals surface area contributed by atoms with Crippen LogP contribution in [0.5, 0.6) is 0 Å². The van der Waals surface area contributed by atoms with E-state index in [1.54, 1.807) is 6.92 Å². The van der Waals surface area contributed by atoms with Crippen LogP contribution in [0.25, 0.3) is 11.0 Å². The predicted octanol–water partition coefficient (Wildman–Crippen LogP) is 2.09. The van der Waals surface area contributed by atoms with Gasteiger partial charge >= 0.3 is 0 Å². The lowest BCUT2D eigenvalue weighted by Gasteiger charge is -2.34. The van der Waals surface area contributed by atoms with Crippen LogP contribution in [0.2, 0.25) is 0 Å². The zero-order valence-electron chi connectivity index (χ0n) is 14.6. The largest absolute Gasteiger partial charge is 0.459 e. The van der Waals surface area contributed by atoms with Crippen molar-refractivity contribution in [2.75, 3.05) is 19.3 Å². The van der Waals surface area contributed by atoms with E-state index in [9.17, 15) is 17.6 Å². The molecule has 0 aliphatic carbocycles. The second-order valence-electron chi connectivity index (χ2n) is 6.49. The van der Waals surface area contributed by atoms with Crippen LogP contribution in [-0.2, 0) is 21.2 Å². The van der Waals surface area contributed by atoms with Crippen molar-refractivity contribution in [2.45, 2.75) is 31.1 Å². The summed E-state index contributed by atoms with van der Waals surface area (Å²) in [6.45, 7) is 2.79. The molecule has 1 fully saturated rings. The lowest BCUT2D eigenvalue weighted by molar-refractivity contribution is -0.124. The van der Waals surface area contributed by atoms with Crippen LogP contribution in [0.4, 0.5) is 4.39 Å². The SMILES string of the molecule is Cc1c(CNC(=O)C2(S(C)(=O)=O)CCNCC2)oc2ccc(F)cc12.Cl. The summed E-state index contributed by atoms with van der Waals surface area (Å²) in [5, 5.41) is 6.42. The molecule has 0 bridgehead atoms. The number of fused-ring (bicyclic) bond motifs is 1. The standard InChI is InChI=1S/C17H21FN2O4S.ClH/c1-11-13-9-12(18)3-4-14(13)24-15(11)10-20-16(21)17(25(2,22)23)5-7-19-8-6-17;/h3-4,9,19H,5-8,10H2,1-2H3,(H,20,21);1H. The zero-order chi connectivity index (χ0) is 18.2. The van der Waals surface area contributed by atoms with Gasteiger partial charge in [0.15, 0.2) is 14.6 Å². The highest BCUT2D eigenvalue weighted by molar-refractivity contribution is 7.92. The van der Waals surface area contributed by atoms with Gasteiger partial charge in [-0.3, -0.25) is 4.79 Å².